The van der Waals surface area contributed by atoms with Crippen LogP contribution in [0.4, 0.5) is 0 Å². The summed E-state index contributed by atoms with van der Waals surface area (Å²) in [5.41, 5.74) is 2.39. The molecule has 1 saturated heterocycles. The van der Waals surface area contributed by atoms with Crippen molar-refractivity contribution in [3.05, 3.63) is 48.3 Å². The summed E-state index contributed by atoms with van der Waals surface area (Å²) in [6.07, 6.45) is 7.85. The molecule has 1 amide bonds. The maximum absolute atomic E-state index is 12.2. The third-order valence-electron chi connectivity index (χ3n) is 4.90. The Morgan fingerprint density at radius 1 is 1.24 bits per heavy atom. The number of nitrogens with one attached hydrogen (secondary N) is 1. The number of benzene rings is 1. The van der Waals surface area contributed by atoms with Crippen molar-refractivity contribution in [3.8, 4) is 5.69 Å². The first kappa shape index (κ1) is 17.7. The Hall–Kier alpha value is -2.14. The van der Waals surface area contributed by atoms with Crippen LogP contribution in [-0.2, 0) is 11.3 Å². The average molecular weight is 340 g/mol. The normalized spacial score (nSPS) is 16.0. The molecular weight excluding hydrogens is 312 g/mol. The number of hydrogen-bond donors (Lipinski definition) is 1. The van der Waals surface area contributed by atoms with Crippen molar-refractivity contribution in [1.29, 1.82) is 0 Å². The molecule has 1 aliphatic heterocycles. The molecule has 5 nitrogen and oxygen atoms in total. The molecule has 0 spiro atoms. The Morgan fingerprint density at radius 3 is 2.64 bits per heavy atom. The fraction of sp³-hybridized carbons (Fsp3) is 0.500. The van der Waals surface area contributed by atoms with Crippen LogP contribution >= 0.6 is 0 Å². The summed E-state index contributed by atoms with van der Waals surface area (Å²) in [6, 6.07) is 10.5. The van der Waals surface area contributed by atoms with Crippen molar-refractivity contribution in [3.63, 3.8) is 0 Å². The second kappa shape index (κ2) is 8.81. The molecule has 0 atom stereocenters. The first-order valence-corrected chi connectivity index (χ1v) is 9.35. The minimum absolute atomic E-state index is 0.190. The van der Waals surface area contributed by atoms with Crippen molar-refractivity contribution in [2.75, 3.05) is 19.6 Å². The Labute approximate surface area is 150 Å². The van der Waals surface area contributed by atoms with Crippen molar-refractivity contribution >= 4 is 5.91 Å². The van der Waals surface area contributed by atoms with Gasteiger partial charge in [0.15, 0.2) is 0 Å². The zero-order valence-electron chi connectivity index (χ0n) is 15.0. The average Bonchev–Trinajstić information content (AvgIpc) is 3.18. The van der Waals surface area contributed by atoms with Crippen molar-refractivity contribution in [2.45, 2.75) is 39.2 Å². The molecule has 0 saturated carbocycles. The number of nitrogens with zero attached hydrogens (tertiary/aromatic N) is 3. The van der Waals surface area contributed by atoms with E-state index in [0.717, 1.165) is 57.5 Å². The van der Waals surface area contributed by atoms with Gasteiger partial charge in [-0.2, -0.15) is 5.10 Å². The van der Waals surface area contributed by atoms with Crippen LogP contribution in [0.15, 0.2) is 42.7 Å². The number of unbranched alkanes of at least 4 members (excludes halogenated alkanes) is 1. The lowest BCUT2D eigenvalue weighted by Crippen LogP contribution is -2.40. The Balaban J connectivity index is 1.45. The van der Waals surface area contributed by atoms with Gasteiger partial charge in [-0.15, -0.1) is 0 Å². The van der Waals surface area contributed by atoms with Crippen LogP contribution in [0, 0.1) is 5.92 Å². The van der Waals surface area contributed by atoms with Crippen LogP contribution in [0.3, 0.4) is 0 Å². The van der Waals surface area contributed by atoms with Crippen LogP contribution in [0.2, 0.25) is 0 Å². The molecule has 0 aliphatic carbocycles. The number of rotatable bonds is 7. The SMILES string of the molecule is CCCCNC(=O)C1CCN(Cc2ccc(-n3cccn3)cc2)CC1. The molecule has 1 aliphatic rings. The van der Waals surface area contributed by atoms with E-state index >= 15 is 0 Å². The number of hydrogen-bond acceptors (Lipinski definition) is 3. The van der Waals surface area contributed by atoms with Gasteiger partial charge in [0.2, 0.25) is 5.91 Å². The van der Waals surface area contributed by atoms with Gasteiger partial charge in [0.1, 0.15) is 0 Å². The van der Waals surface area contributed by atoms with E-state index in [9.17, 15) is 4.79 Å². The van der Waals surface area contributed by atoms with Gasteiger partial charge in [-0.05, 0) is 56.1 Å². The highest BCUT2D eigenvalue weighted by Gasteiger charge is 2.24. The lowest BCUT2D eigenvalue weighted by atomic mass is 9.95. The van der Waals surface area contributed by atoms with E-state index in [2.05, 4.69) is 46.5 Å². The van der Waals surface area contributed by atoms with Crippen molar-refractivity contribution < 1.29 is 4.79 Å². The molecule has 5 heteroatoms. The van der Waals surface area contributed by atoms with E-state index in [1.807, 2.05) is 16.9 Å². The van der Waals surface area contributed by atoms with Gasteiger partial charge in [-0.1, -0.05) is 25.5 Å². The summed E-state index contributed by atoms with van der Waals surface area (Å²) < 4.78 is 1.87. The summed E-state index contributed by atoms with van der Waals surface area (Å²) in [7, 11) is 0. The highest BCUT2D eigenvalue weighted by atomic mass is 16.1. The van der Waals surface area contributed by atoms with E-state index in [1.165, 1.54) is 5.56 Å². The minimum atomic E-state index is 0.190. The fourth-order valence-electron chi connectivity index (χ4n) is 3.32. The zero-order chi connectivity index (χ0) is 17.5. The van der Waals surface area contributed by atoms with Crippen LogP contribution in [0.5, 0.6) is 0 Å². The Kier molecular flexibility index (Phi) is 6.23. The highest BCUT2D eigenvalue weighted by molar-refractivity contribution is 5.78. The quantitative estimate of drug-likeness (QED) is 0.788. The first-order valence-electron chi connectivity index (χ1n) is 9.35. The summed E-state index contributed by atoms with van der Waals surface area (Å²) in [5.74, 6) is 0.437. The van der Waals surface area contributed by atoms with E-state index in [0.29, 0.717) is 0 Å². The lowest BCUT2D eigenvalue weighted by Gasteiger charge is -2.31. The van der Waals surface area contributed by atoms with Gasteiger partial charge < -0.3 is 5.32 Å². The molecule has 134 valence electrons. The molecule has 1 fully saturated rings. The predicted octanol–water partition coefficient (Wildman–Crippen LogP) is 3.00. The van der Waals surface area contributed by atoms with Crippen LogP contribution in [0.25, 0.3) is 5.69 Å². The van der Waals surface area contributed by atoms with Gasteiger partial charge in [-0.25, -0.2) is 4.68 Å². The second-order valence-corrected chi connectivity index (χ2v) is 6.81. The van der Waals surface area contributed by atoms with Crippen LogP contribution in [-0.4, -0.2) is 40.2 Å². The number of piperidine rings is 1. The number of carbonyl (C=O) groups is 1. The molecule has 3 rings (SSSR count). The highest BCUT2D eigenvalue weighted by Crippen LogP contribution is 2.20. The van der Waals surface area contributed by atoms with Gasteiger partial charge in [-0.3, -0.25) is 9.69 Å². The second-order valence-electron chi connectivity index (χ2n) is 6.81. The topological polar surface area (TPSA) is 50.2 Å². The molecular formula is C20H28N4O. The minimum Gasteiger partial charge on any atom is -0.356 e. The molecule has 0 bridgehead atoms. The van der Waals surface area contributed by atoms with Gasteiger partial charge in [0.25, 0.3) is 0 Å². The fourth-order valence-corrected chi connectivity index (χ4v) is 3.32. The number of aromatic nitrogens is 2. The molecule has 0 unspecified atom stereocenters. The van der Waals surface area contributed by atoms with Gasteiger partial charge in [0, 0.05) is 31.4 Å². The number of likely N-dealkylation sites (tertiary alicyclic amines) is 1. The standard InChI is InChI=1S/C20H28N4O/c1-2-3-11-21-20(25)18-9-14-23(15-10-18)16-17-5-7-19(8-6-17)24-13-4-12-22-24/h4-8,12-13,18H,2-3,9-11,14-16H2,1H3,(H,21,25). The molecule has 1 N–H and O–H groups in total. The van der Waals surface area contributed by atoms with E-state index < -0.39 is 0 Å². The largest absolute Gasteiger partial charge is 0.356 e. The molecule has 2 aromatic rings. The summed E-state index contributed by atoms with van der Waals surface area (Å²) in [5, 5.41) is 7.32. The number of carbonyl (C=O) groups excluding carboxylic acids is 1. The Morgan fingerprint density at radius 2 is 2.00 bits per heavy atom. The first-order chi connectivity index (χ1) is 12.3. The van der Waals surface area contributed by atoms with E-state index in [1.54, 1.807) is 6.20 Å². The van der Waals surface area contributed by atoms with E-state index in [4.69, 9.17) is 0 Å². The van der Waals surface area contributed by atoms with Crippen molar-refractivity contribution in [1.82, 2.24) is 20.0 Å². The summed E-state index contributed by atoms with van der Waals surface area (Å²) in [6.45, 7) is 5.90. The predicted molar refractivity (Wildman–Crippen MR) is 99.5 cm³/mol. The maximum atomic E-state index is 12.2. The lowest BCUT2D eigenvalue weighted by molar-refractivity contribution is -0.126. The third kappa shape index (κ3) is 4.92. The van der Waals surface area contributed by atoms with Gasteiger partial charge in [0.05, 0.1) is 5.69 Å². The summed E-state index contributed by atoms with van der Waals surface area (Å²) in [4.78, 5) is 14.6. The molecule has 1 aromatic heterocycles. The van der Waals surface area contributed by atoms with Crippen molar-refractivity contribution in [2.24, 2.45) is 5.92 Å². The molecule has 1 aromatic carbocycles. The molecule has 0 radical (unpaired) electrons. The smallest absolute Gasteiger partial charge is 0.223 e. The maximum Gasteiger partial charge on any atom is 0.223 e. The van der Waals surface area contributed by atoms with Crippen LogP contribution in [0.1, 0.15) is 38.2 Å². The third-order valence-corrected chi connectivity index (χ3v) is 4.90. The van der Waals surface area contributed by atoms with Gasteiger partial charge >= 0.3 is 0 Å². The summed E-state index contributed by atoms with van der Waals surface area (Å²) >= 11 is 0. The molecule has 2 heterocycles. The Bertz CT molecular complexity index is 643. The number of amides is 1. The zero-order valence-corrected chi connectivity index (χ0v) is 15.0. The molecule has 25 heavy (non-hydrogen) atoms. The van der Waals surface area contributed by atoms with Crippen LogP contribution < -0.4 is 5.32 Å². The monoisotopic (exact) mass is 340 g/mol. The van der Waals surface area contributed by atoms with E-state index in [-0.39, 0.29) is 11.8 Å².